The maximum atomic E-state index is 5.48. The molecule has 0 aliphatic heterocycles. The SMILES string of the molecule is CC(CCCCc1cccc(-c2ccccc2)n1)(c1ccccn1)c1cccc(C(C)(c2ccccc2)c2ccccc2S)n1. The average molecular weight is 606 g/mol. The first-order valence-electron chi connectivity index (χ1n) is 15.7. The number of aromatic nitrogens is 3. The highest BCUT2D eigenvalue weighted by Crippen LogP contribution is 2.42. The number of hydrogen-bond acceptors (Lipinski definition) is 4. The van der Waals surface area contributed by atoms with Gasteiger partial charge in [-0.1, -0.05) is 103 Å². The lowest BCUT2D eigenvalue weighted by Gasteiger charge is -2.34. The molecule has 6 aromatic rings. The van der Waals surface area contributed by atoms with Gasteiger partial charge in [-0.15, -0.1) is 12.6 Å². The number of aryl methyl sites for hydroxylation is 1. The first-order valence-corrected chi connectivity index (χ1v) is 16.2. The molecule has 0 saturated carbocycles. The van der Waals surface area contributed by atoms with Gasteiger partial charge in [0.2, 0.25) is 0 Å². The maximum Gasteiger partial charge on any atom is 0.0705 e. The van der Waals surface area contributed by atoms with Crippen molar-refractivity contribution in [2.45, 2.75) is 55.3 Å². The highest BCUT2D eigenvalue weighted by atomic mass is 32.1. The van der Waals surface area contributed by atoms with Crippen LogP contribution in [0.1, 0.15) is 67.0 Å². The van der Waals surface area contributed by atoms with Gasteiger partial charge in [0, 0.05) is 22.3 Å². The van der Waals surface area contributed by atoms with Gasteiger partial charge in [0.15, 0.2) is 0 Å². The first kappa shape index (κ1) is 30.5. The van der Waals surface area contributed by atoms with Crippen LogP contribution in [0.4, 0.5) is 0 Å². The molecule has 4 heteroatoms. The van der Waals surface area contributed by atoms with E-state index in [9.17, 15) is 0 Å². The van der Waals surface area contributed by atoms with Crippen LogP contribution in [0.3, 0.4) is 0 Å². The molecular formula is C41H39N3S. The van der Waals surface area contributed by atoms with E-state index in [1.165, 1.54) is 5.56 Å². The molecule has 0 fully saturated rings. The van der Waals surface area contributed by atoms with Crippen LogP contribution in [-0.2, 0) is 17.3 Å². The summed E-state index contributed by atoms with van der Waals surface area (Å²) in [6.45, 7) is 4.56. The summed E-state index contributed by atoms with van der Waals surface area (Å²) >= 11 is 4.90. The molecule has 0 aliphatic rings. The molecule has 3 aromatic carbocycles. The van der Waals surface area contributed by atoms with E-state index in [1.54, 1.807) is 0 Å². The van der Waals surface area contributed by atoms with Crippen LogP contribution in [0.5, 0.6) is 0 Å². The van der Waals surface area contributed by atoms with E-state index in [0.29, 0.717) is 0 Å². The second-order valence-electron chi connectivity index (χ2n) is 12.1. The van der Waals surface area contributed by atoms with Crippen LogP contribution in [0.15, 0.2) is 151 Å². The normalized spacial score (nSPS) is 13.9. The monoisotopic (exact) mass is 605 g/mol. The fraction of sp³-hybridized carbons (Fsp3) is 0.195. The molecular weight excluding hydrogens is 567 g/mol. The third kappa shape index (κ3) is 6.48. The van der Waals surface area contributed by atoms with Crippen LogP contribution < -0.4 is 0 Å². The molecule has 0 saturated heterocycles. The van der Waals surface area contributed by atoms with Crippen molar-refractivity contribution in [2.75, 3.05) is 0 Å². The van der Waals surface area contributed by atoms with Crippen molar-refractivity contribution in [1.82, 2.24) is 15.0 Å². The minimum absolute atomic E-state index is 0.366. The molecule has 3 nitrogen and oxygen atoms in total. The number of benzene rings is 3. The van der Waals surface area contributed by atoms with Gasteiger partial charge in [0.1, 0.15) is 0 Å². The van der Waals surface area contributed by atoms with Gasteiger partial charge >= 0.3 is 0 Å². The topological polar surface area (TPSA) is 38.7 Å². The predicted molar refractivity (Wildman–Crippen MR) is 188 cm³/mol. The molecule has 224 valence electrons. The lowest BCUT2D eigenvalue weighted by Crippen LogP contribution is -2.31. The van der Waals surface area contributed by atoms with Gasteiger partial charge in [-0.25, -0.2) is 0 Å². The van der Waals surface area contributed by atoms with Gasteiger partial charge in [-0.3, -0.25) is 15.0 Å². The van der Waals surface area contributed by atoms with Crippen LogP contribution in [0.2, 0.25) is 0 Å². The van der Waals surface area contributed by atoms with Crippen LogP contribution in [0, 0.1) is 0 Å². The Hall–Kier alpha value is -4.54. The molecule has 3 heterocycles. The van der Waals surface area contributed by atoms with Gasteiger partial charge < -0.3 is 0 Å². The van der Waals surface area contributed by atoms with Crippen molar-refractivity contribution in [3.8, 4) is 11.3 Å². The Kier molecular flexibility index (Phi) is 9.23. The number of pyridine rings is 3. The fourth-order valence-corrected chi connectivity index (χ4v) is 6.76. The summed E-state index contributed by atoms with van der Waals surface area (Å²) in [4.78, 5) is 16.3. The van der Waals surface area contributed by atoms with Gasteiger partial charge in [0.25, 0.3) is 0 Å². The van der Waals surface area contributed by atoms with E-state index in [0.717, 1.165) is 70.2 Å². The van der Waals surface area contributed by atoms with E-state index < -0.39 is 5.41 Å². The standard InChI is InChI=1S/C41H39N3S/c1-40(37-26-12-14-30-42-37,29-13-11-21-33-22-15-24-35(43-33)31-17-5-3-6-18-31)38-27-16-28-39(44-38)41(2,32-19-7-4-8-20-32)34-23-9-10-25-36(34)45/h3-10,12,14-20,22-28,30,45H,11,13,21,29H2,1-2H3. The molecule has 0 radical (unpaired) electrons. The molecule has 45 heavy (non-hydrogen) atoms. The zero-order valence-corrected chi connectivity index (χ0v) is 26.9. The Morgan fingerprint density at radius 3 is 2.00 bits per heavy atom. The Morgan fingerprint density at radius 1 is 0.578 bits per heavy atom. The van der Waals surface area contributed by atoms with Crippen LogP contribution in [0.25, 0.3) is 11.3 Å². The lowest BCUT2D eigenvalue weighted by molar-refractivity contribution is 0.457. The fourth-order valence-electron chi connectivity index (χ4n) is 6.38. The highest BCUT2D eigenvalue weighted by Gasteiger charge is 2.37. The summed E-state index contributed by atoms with van der Waals surface area (Å²) in [7, 11) is 0. The summed E-state index contributed by atoms with van der Waals surface area (Å²) in [5.41, 5.74) is 7.82. The summed E-state index contributed by atoms with van der Waals surface area (Å²) in [6.07, 6.45) is 5.79. The molecule has 0 aliphatic carbocycles. The van der Waals surface area contributed by atoms with E-state index in [1.807, 2.05) is 24.4 Å². The number of thiol groups is 1. The molecule has 0 N–H and O–H groups in total. The third-order valence-corrected chi connectivity index (χ3v) is 9.48. The van der Waals surface area contributed by atoms with Crippen LogP contribution >= 0.6 is 12.6 Å². The highest BCUT2D eigenvalue weighted by molar-refractivity contribution is 7.80. The van der Waals surface area contributed by atoms with E-state index in [2.05, 4.69) is 135 Å². The first-order chi connectivity index (χ1) is 22.0. The van der Waals surface area contributed by atoms with E-state index in [-0.39, 0.29) is 5.41 Å². The molecule has 0 bridgehead atoms. The molecule has 2 unspecified atom stereocenters. The third-order valence-electron chi connectivity index (χ3n) is 9.09. The molecule has 0 amide bonds. The van der Waals surface area contributed by atoms with Gasteiger partial charge in [-0.05, 0) is 86.7 Å². The zero-order chi connectivity index (χ0) is 31.1. The quantitative estimate of drug-likeness (QED) is 0.118. The predicted octanol–water partition coefficient (Wildman–Crippen LogP) is 9.90. The largest absolute Gasteiger partial charge is 0.260 e. The van der Waals surface area contributed by atoms with E-state index >= 15 is 0 Å². The molecule has 0 spiro atoms. The molecule has 3 aromatic heterocycles. The van der Waals surface area contributed by atoms with E-state index in [4.69, 9.17) is 27.6 Å². The summed E-state index contributed by atoms with van der Waals surface area (Å²) in [5, 5.41) is 0. The van der Waals surface area contributed by atoms with Crippen LogP contribution in [-0.4, -0.2) is 15.0 Å². The van der Waals surface area contributed by atoms with Crippen molar-refractivity contribution in [2.24, 2.45) is 0 Å². The average Bonchev–Trinajstić information content (AvgIpc) is 3.11. The summed E-state index contributed by atoms with van der Waals surface area (Å²) < 4.78 is 0. The second-order valence-corrected chi connectivity index (χ2v) is 12.5. The Morgan fingerprint density at radius 2 is 1.24 bits per heavy atom. The summed E-state index contributed by atoms with van der Waals surface area (Å²) in [5.74, 6) is 0. The number of unbranched alkanes of at least 4 members (excludes halogenated alkanes) is 1. The second kappa shape index (κ2) is 13.6. The minimum Gasteiger partial charge on any atom is -0.260 e. The maximum absolute atomic E-state index is 5.48. The minimum atomic E-state index is -0.490. The van der Waals surface area contributed by atoms with Crippen molar-refractivity contribution >= 4 is 12.6 Å². The zero-order valence-electron chi connectivity index (χ0n) is 26.0. The van der Waals surface area contributed by atoms with Crippen molar-refractivity contribution < 1.29 is 0 Å². The number of nitrogens with zero attached hydrogens (tertiary/aromatic N) is 3. The Bertz CT molecular complexity index is 1840. The van der Waals surface area contributed by atoms with Crippen molar-refractivity contribution in [3.05, 3.63) is 180 Å². The smallest absolute Gasteiger partial charge is 0.0705 e. The number of hydrogen-bond donors (Lipinski definition) is 1. The summed E-state index contributed by atoms with van der Waals surface area (Å²) in [6, 6.07) is 48.4. The Balaban J connectivity index is 1.31. The number of rotatable bonds is 11. The molecule has 2 atom stereocenters. The Labute approximate surface area is 272 Å². The molecule has 6 rings (SSSR count). The van der Waals surface area contributed by atoms with Crippen molar-refractivity contribution in [3.63, 3.8) is 0 Å². The van der Waals surface area contributed by atoms with Crippen molar-refractivity contribution in [1.29, 1.82) is 0 Å². The van der Waals surface area contributed by atoms with Gasteiger partial charge in [0.05, 0.1) is 33.6 Å². The lowest BCUT2D eigenvalue weighted by atomic mass is 9.72. The van der Waals surface area contributed by atoms with Gasteiger partial charge in [-0.2, -0.15) is 0 Å².